The van der Waals surface area contributed by atoms with E-state index < -0.39 is 9.84 Å². The monoisotopic (exact) mass is 292 g/mol. The summed E-state index contributed by atoms with van der Waals surface area (Å²) in [6.07, 6.45) is 4.44. The van der Waals surface area contributed by atoms with Crippen LogP contribution in [0.4, 0.5) is 0 Å². The fraction of sp³-hybridized carbons (Fsp3) is 1.00. The molecular weight excluding hydrogens is 268 g/mol. The molecule has 0 radical (unpaired) electrons. The summed E-state index contributed by atoms with van der Waals surface area (Å²) in [6, 6.07) is 0. The second-order valence-electron chi connectivity index (χ2n) is 5.52. The maximum Gasteiger partial charge on any atom is 0.166 e. The van der Waals surface area contributed by atoms with Gasteiger partial charge >= 0.3 is 0 Å². The Hall–Kier alpha value is 0.220. The van der Waals surface area contributed by atoms with Gasteiger partial charge in [0.15, 0.2) is 9.84 Å². The number of sulfone groups is 1. The van der Waals surface area contributed by atoms with E-state index in [9.17, 15) is 8.42 Å². The minimum absolute atomic E-state index is 0.149. The predicted octanol–water partition coefficient (Wildman–Crippen LogP) is 1.07. The predicted molar refractivity (Wildman–Crippen MR) is 77.5 cm³/mol. The Balaban J connectivity index is 2.08. The molecule has 2 fully saturated rings. The zero-order chi connectivity index (χ0) is 13.2. The zero-order valence-corrected chi connectivity index (χ0v) is 12.7. The van der Waals surface area contributed by atoms with E-state index in [0.717, 1.165) is 31.7 Å². The second-order valence-corrected chi connectivity index (χ2v) is 9.12. The SMILES string of the molecule is CCS(=O)(=O)C1CSCCN1CC1(N)CCCC1. The normalized spacial score (nSPS) is 29.6. The largest absolute Gasteiger partial charge is 0.324 e. The van der Waals surface area contributed by atoms with Gasteiger partial charge in [0.05, 0.1) is 0 Å². The number of thioether (sulfide) groups is 1. The zero-order valence-electron chi connectivity index (χ0n) is 11.1. The topological polar surface area (TPSA) is 63.4 Å². The highest BCUT2D eigenvalue weighted by Gasteiger charge is 2.38. The first-order valence-electron chi connectivity index (χ1n) is 6.79. The van der Waals surface area contributed by atoms with Crippen LogP contribution in [0.3, 0.4) is 0 Å². The maximum atomic E-state index is 12.1. The van der Waals surface area contributed by atoms with Crippen LogP contribution in [0.15, 0.2) is 0 Å². The molecule has 1 heterocycles. The molecule has 1 atom stereocenters. The minimum atomic E-state index is -2.99. The summed E-state index contributed by atoms with van der Waals surface area (Å²) in [5.74, 6) is 1.95. The van der Waals surface area contributed by atoms with Gasteiger partial charge in [-0.2, -0.15) is 11.8 Å². The first kappa shape index (κ1) is 14.6. The standard InChI is InChI=1S/C12H24N2O2S2/c1-2-18(15,16)11-9-17-8-7-14(11)10-12(13)5-3-4-6-12/h11H,2-10,13H2,1H3. The molecule has 0 aromatic rings. The lowest BCUT2D eigenvalue weighted by Gasteiger charge is -2.39. The number of hydrogen-bond donors (Lipinski definition) is 1. The Bertz CT molecular complexity index is 378. The molecule has 4 nitrogen and oxygen atoms in total. The van der Waals surface area contributed by atoms with Crippen LogP contribution in [-0.4, -0.2) is 54.6 Å². The Morgan fingerprint density at radius 3 is 2.67 bits per heavy atom. The van der Waals surface area contributed by atoms with Gasteiger partial charge in [-0.3, -0.25) is 4.90 Å². The van der Waals surface area contributed by atoms with E-state index in [1.54, 1.807) is 18.7 Å². The van der Waals surface area contributed by atoms with E-state index in [1.807, 2.05) is 0 Å². The van der Waals surface area contributed by atoms with Crippen LogP contribution in [0, 0.1) is 0 Å². The fourth-order valence-corrected chi connectivity index (χ4v) is 6.04. The van der Waals surface area contributed by atoms with Crippen LogP contribution in [0.25, 0.3) is 0 Å². The van der Waals surface area contributed by atoms with Crippen molar-refractivity contribution in [3.05, 3.63) is 0 Å². The Morgan fingerprint density at radius 2 is 2.06 bits per heavy atom. The van der Waals surface area contributed by atoms with Gasteiger partial charge in [-0.1, -0.05) is 19.8 Å². The van der Waals surface area contributed by atoms with E-state index in [4.69, 9.17) is 5.73 Å². The van der Waals surface area contributed by atoms with E-state index in [2.05, 4.69) is 4.90 Å². The minimum Gasteiger partial charge on any atom is -0.324 e. The van der Waals surface area contributed by atoms with Crippen molar-refractivity contribution in [3.8, 4) is 0 Å². The van der Waals surface area contributed by atoms with Crippen molar-refractivity contribution in [3.63, 3.8) is 0 Å². The highest BCUT2D eigenvalue weighted by atomic mass is 32.2. The van der Waals surface area contributed by atoms with Crippen LogP contribution >= 0.6 is 11.8 Å². The lowest BCUT2D eigenvalue weighted by atomic mass is 9.98. The third-order valence-electron chi connectivity index (χ3n) is 4.12. The first-order valence-corrected chi connectivity index (χ1v) is 9.66. The lowest BCUT2D eigenvalue weighted by Crippen LogP contribution is -2.56. The van der Waals surface area contributed by atoms with Crippen LogP contribution in [0.1, 0.15) is 32.6 Å². The van der Waals surface area contributed by atoms with Crippen molar-refractivity contribution in [2.75, 3.05) is 30.3 Å². The van der Waals surface area contributed by atoms with Gasteiger partial charge in [-0.05, 0) is 12.8 Å². The van der Waals surface area contributed by atoms with Crippen molar-refractivity contribution >= 4 is 21.6 Å². The van der Waals surface area contributed by atoms with Crippen LogP contribution in [-0.2, 0) is 9.84 Å². The molecule has 1 saturated heterocycles. The van der Waals surface area contributed by atoms with E-state index in [0.29, 0.717) is 5.75 Å². The molecular formula is C12H24N2O2S2. The van der Waals surface area contributed by atoms with Crippen molar-refractivity contribution in [1.29, 1.82) is 0 Å². The molecule has 2 aliphatic rings. The first-order chi connectivity index (χ1) is 8.47. The maximum absolute atomic E-state index is 12.1. The quantitative estimate of drug-likeness (QED) is 0.839. The number of nitrogens with two attached hydrogens (primary N) is 1. The molecule has 2 N–H and O–H groups in total. The van der Waals surface area contributed by atoms with Gasteiger partial charge in [0.2, 0.25) is 0 Å². The van der Waals surface area contributed by atoms with E-state index >= 15 is 0 Å². The number of nitrogens with zero attached hydrogens (tertiary/aromatic N) is 1. The van der Waals surface area contributed by atoms with E-state index in [-0.39, 0.29) is 16.7 Å². The summed E-state index contributed by atoms with van der Waals surface area (Å²) < 4.78 is 24.3. The van der Waals surface area contributed by atoms with Crippen LogP contribution in [0.5, 0.6) is 0 Å². The van der Waals surface area contributed by atoms with Gasteiger partial charge in [0, 0.05) is 35.9 Å². The summed E-state index contributed by atoms with van der Waals surface area (Å²) in [7, 11) is -2.99. The van der Waals surface area contributed by atoms with Gasteiger partial charge in [-0.15, -0.1) is 0 Å². The molecule has 1 unspecified atom stereocenters. The van der Waals surface area contributed by atoms with Crippen LogP contribution < -0.4 is 5.73 Å². The Morgan fingerprint density at radius 1 is 1.39 bits per heavy atom. The molecule has 1 saturated carbocycles. The molecule has 1 aliphatic carbocycles. The molecule has 2 rings (SSSR count). The molecule has 0 amide bonds. The van der Waals surface area contributed by atoms with Crippen molar-refractivity contribution < 1.29 is 8.42 Å². The molecule has 18 heavy (non-hydrogen) atoms. The average Bonchev–Trinajstić information content (AvgIpc) is 2.76. The summed E-state index contributed by atoms with van der Waals surface area (Å²) in [4.78, 5) is 2.13. The van der Waals surface area contributed by atoms with Gasteiger partial charge in [0.25, 0.3) is 0 Å². The smallest absolute Gasteiger partial charge is 0.166 e. The fourth-order valence-electron chi connectivity index (χ4n) is 2.96. The molecule has 0 aromatic heterocycles. The highest BCUT2D eigenvalue weighted by Crippen LogP contribution is 2.31. The van der Waals surface area contributed by atoms with Gasteiger partial charge in [0.1, 0.15) is 5.37 Å². The summed E-state index contributed by atoms with van der Waals surface area (Å²) in [5.41, 5.74) is 6.24. The average molecular weight is 292 g/mol. The van der Waals surface area contributed by atoms with Crippen molar-refractivity contribution in [1.82, 2.24) is 4.90 Å². The van der Waals surface area contributed by atoms with Gasteiger partial charge < -0.3 is 5.73 Å². The summed E-state index contributed by atoms with van der Waals surface area (Å²) >= 11 is 1.74. The Kier molecular flexibility index (Phi) is 4.62. The third kappa shape index (κ3) is 3.21. The number of rotatable bonds is 4. The molecule has 0 spiro atoms. The molecule has 0 aromatic carbocycles. The Labute approximate surface area is 115 Å². The highest BCUT2D eigenvalue weighted by molar-refractivity contribution is 8.01. The van der Waals surface area contributed by atoms with Crippen LogP contribution in [0.2, 0.25) is 0 Å². The number of hydrogen-bond acceptors (Lipinski definition) is 5. The molecule has 0 bridgehead atoms. The van der Waals surface area contributed by atoms with E-state index in [1.165, 1.54) is 12.8 Å². The summed E-state index contributed by atoms with van der Waals surface area (Å²) in [5, 5.41) is -0.317. The van der Waals surface area contributed by atoms with Crippen molar-refractivity contribution in [2.24, 2.45) is 5.73 Å². The summed E-state index contributed by atoms with van der Waals surface area (Å²) in [6.45, 7) is 3.34. The molecule has 106 valence electrons. The molecule has 6 heteroatoms. The second kappa shape index (κ2) is 5.69. The molecule has 1 aliphatic heterocycles. The third-order valence-corrected chi connectivity index (χ3v) is 7.46. The van der Waals surface area contributed by atoms with Crippen molar-refractivity contribution in [2.45, 2.75) is 43.5 Å². The van der Waals surface area contributed by atoms with Gasteiger partial charge in [-0.25, -0.2) is 8.42 Å². The lowest BCUT2D eigenvalue weighted by molar-refractivity contribution is 0.206.